The van der Waals surface area contributed by atoms with E-state index in [1.807, 2.05) is 0 Å². The molecule has 0 spiro atoms. The van der Waals surface area contributed by atoms with Gasteiger partial charge in [-0.3, -0.25) is 5.84 Å². The first-order valence-electron chi connectivity index (χ1n) is 5.67. The summed E-state index contributed by atoms with van der Waals surface area (Å²) in [5.41, 5.74) is 2.48. The molecule has 19 heavy (non-hydrogen) atoms. The lowest BCUT2D eigenvalue weighted by molar-refractivity contribution is 0.395. The Bertz CT molecular complexity index is 586. The molecule has 6 heteroatoms. The van der Waals surface area contributed by atoms with Crippen molar-refractivity contribution in [3.63, 3.8) is 0 Å². The van der Waals surface area contributed by atoms with Crippen LogP contribution in [0.5, 0.6) is 0 Å². The number of halogens is 3. The van der Waals surface area contributed by atoms with Crippen molar-refractivity contribution in [2.24, 2.45) is 5.84 Å². The average molecular weight is 331 g/mol. The Hall–Kier alpha value is -1.24. The van der Waals surface area contributed by atoms with Gasteiger partial charge >= 0.3 is 0 Å². The lowest BCUT2D eigenvalue weighted by Gasteiger charge is -2.15. The molecule has 2 rings (SSSR count). The van der Waals surface area contributed by atoms with Gasteiger partial charge in [-0.05, 0) is 47.1 Å². The van der Waals surface area contributed by atoms with Crippen molar-refractivity contribution in [3.05, 3.63) is 57.5 Å². The molecule has 0 aliphatic rings. The Morgan fingerprint density at radius 1 is 1.32 bits per heavy atom. The number of hydrazine groups is 1. The van der Waals surface area contributed by atoms with Crippen LogP contribution in [-0.2, 0) is 6.42 Å². The topological polar surface area (TPSA) is 51.2 Å². The second-order valence-electron chi connectivity index (χ2n) is 4.19. The predicted octanol–water partition coefficient (Wildman–Crippen LogP) is 3.38. The normalized spacial score (nSPS) is 12.7. The van der Waals surface area contributed by atoms with Gasteiger partial charge in [0.2, 0.25) is 0 Å². The molecule has 1 heterocycles. The smallest absolute Gasteiger partial charge is 0.143 e. The number of nitrogens with two attached hydrogens (primary N) is 1. The monoisotopic (exact) mass is 330 g/mol. The molecule has 0 radical (unpaired) electrons. The van der Waals surface area contributed by atoms with Gasteiger partial charge in [-0.2, -0.15) is 0 Å². The van der Waals surface area contributed by atoms with Crippen LogP contribution in [0.2, 0.25) is 0 Å². The van der Waals surface area contributed by atoms with Gasteiger partial charge in [0, 0.05) is 12.0 Å². The SMILES string of the molecule is Cc1ccc(C(Cc2c(F)ccc(Br)c2F)NN)o1. The molecule has 1 aromatic heterocycles. The minimum absolute atomic E-state index is 0.0358. The third-order valence-electron chi connectivity index (χ3n) is 2.85. The van der Waals surface area contributed by atoms with E-state index < -0.39 is 17.7 Å². The maximum Gasteiger partial charge on any atom is 0.143 e. The first-order valence-corrected chi connectivity index (χ1v) is 6.47. The fraction of sp³-hybridized carbons (Fsp3) is 0.231. The summed E-state index contributed by atoms with van der Waals surface area (Å²) in [5.74, 6) is 5.46. The summed E-state index contributed by atoms with van der Waals surface area (Å²) in [5, 5.41) is 0. The van der Waals surface area contributed by atoms with Crippen molar-refractivity contribution in [1.82, 2.24) is 5.43 Å². The largest absolute Gasteiger partial charge is 0.465 e. The van der Waals surface area contributed by atoms with Gasteiger partial charge < -0.3 is 4.42 Å². The molecule has 3 N–H and O–H groups in total. The zero-order chi connectivity index (χ0) is 14.0. The van der Waals surface area contributed by atoms with E-state index in [4.69, 9.17) is 10.3 Å². The van der Waals surface area contributed by atoms with E-state index >= 15 is 0 Å². The summed E-state index contributed by atoms with van der Waals surface area (Å²) in [7, 11) is 0. The van der Waals surface area contributed by atoms with Gasteiger partial charge in [0.25, 0.3) is 0 Å². The van der Waals surface area contributed by atoms with E-state index in [9.17, 15) is 8.78 Å². The van der Waals surface area contributed by atoms with Crippen LogP contribution in [0.25, 0.3) is 0 Å². The lowest BCUT2D eigenvalue weighted by Crippen LogP contribution is -2.29. The summed E-state index contributed by atoms with van der Waals surface area (Å²) in [6.07, 6.45) is 0.0561. The quantitative estimate of drug-likeness (QED) is 0.513. The number of nitrogens with one attached hydrogen (secondary N) is 1. The number of benzene rings is 1. The van der Waals surface area contributed by atoms with Crippen LogP contribution < -0.4 is 11.3 Å². The number of aryl methyl sites for hydroxylation is 1. The minimum atomic E-state index is -0.622. The Balaban J connectivity index is 2.31. The molecule has 3 nitrogen and oxygen atoms in total. The van der Waals surface area contributed by atoms with Crippen LogP contribution in [-0.4, -0.2) is 0 Å². The summed E-state index contributed by atoms with van der Waals surface area (Å²) in [6.45, 7) is 1.79. The van der Waals surface area contributed by atoms with Crippen LogP contribution >= 0.6 is 15.9 Å². The fourth-order valence-electron chi connectivity index (χ4n) is 1.84. The number of hydrogen-bond donors (Lipinski definition) is 2. The molecule has 0 amide bonds. The maximum atomic E-state index is 13.9. The third-order valence-corrected chi connectivity index (χ3v) is 3.47. The van der Waals surface area contributed by atoms with Crippen molar-refractivity contribution >= 4 is 15.9 Å². The highest BCUT2D eigenvalue weighted by molar-refractivity contribution is 9.10. The summed E-state index contributed by atoms with van der Waals surface area (Å²) >= 11 is 3.04. The molecular formula is C13H13BrF2N2O. The van der Waals surface area contributed by atoms with E-state index in [1.54, 1.807) is 19.1 Å². The number of furan rings is 1. The van der Waals surface area contributed by atoms with E-state index in [0.29, 0.717) is 11.5 Å². The van der Waals surface area contributed by atoms with Crippen LogP contribution in [0.4, 0.5) is 8.78 Å². The molecular weight excluding hydrogens is 318 g/mol. The Labute approximate surface area is 117 Å². The van der Waals surface area contributed by atoms with Crippen molar-refractivity contribution in [1.29, 1.82) is 0 Å². The van der Waals surface area contributed by atoms with Gasteiger partial charge in [0.15, 0.2) is 0 Å². The summed E-state index contributed by atoms with van der Waals surface area (Å²) in [4.78, 5) is 0. The first kappa shape index (κ1) is 14.2. The van der Waals surface area contributed by atoms with Crippen molar-refractivity contribution in [2.75, 3.05) is 0 Å². The predicted molar refractivity (Wildman–Crippen MR) is 71.3 cm³/mol. The zero-order valence-electron chi connectivity index (χ0n) is 10.2. The number of hydrogen-bond acceptors (Lipinski definition) is 3. The molecule has 0 bridgehead atoms. The van der Waals surface area contributed by atoms with Crippen LogP contribution in [0, 0.1) is 18.6 Å². The van der Waals surface area contributed by atoms with Gasteiger partial charge in [-0.1, -0.05) is 0 Å². The van der Waals surface area contributed by atoms with Gasteiger partial charge in [0.1, 0.15) is 23.2 Å². The number of rotatable bonds is 4. The second kappa shape index (κ2) is 5.81. The molecule has 0 aliphatic carbocycles. The van der Waals surface area contributed by atoms with E-state index in [2.05, 4.69) is 21.4 Å². The fourth-order valence-corrected chi connectivity index (χ4v) is 2.21. The molecule has 1 aromatic carbocycles. The molecule has 102 valence electrons. The highest BCUT2D eigenvalue weighted by Crippen LogP contribution is 2.27. The van der Waals surface area contributed by atoms with Crippen LogP contribution in [0.15, 0.2) is 33.2 Å². The van der Waals surface area contributed by atoms with Crippen molar-refractivity contribution in [2.45, 2.75) is 19.4 Å². The van der Waals surface area contributed by atoms with Gasteiger partial charge in [-0.15, -0.1) is 0 Å². The standard InChI is InChI=1S/C13H13BrF2N2O/c1-7-2-5-12(19-7)11(18-17)6-8-10(15)4-3-9(14)13(8)16/h2-5,11,18H,6,17H2,1H3. The Morgan fingerprint density at radius 2 is 2.05 bits per heavy atom. The lowest BCUT2D eigenvalue weighted by atomic mass is 10.0. The maximum absolute atomic E-state index is 13.9. The highest BCUT2D eigenvalue weighted by Gasteiger charge is 2.20. The molecule has 1 unspecified atom stereocenters. The van der Waals surface area contributed by atoms with Crippen molar-refractivity contribution in [3.8, 4) is 0 Å². The van der Waals surface area contributed by atoms with E-state index in [0.717, 1.165) is 0 Å². The van der Waals surface area contributed by atoms with Crippen LogP contribution in [0.3, 0.4) is 0 Å². The van der Waals surface area contributed by atoms with Gasteiger partial charge in [-0.25, -0.2) is 14.2 Å². The molecule has 0 saturated carbocycles. The summed E-state index contributed by atoms with van der Waals surface area (Å²) < 4.78 is 33.2. The van der Waals surface area contributed by atoms with Crippen molar-refractivity contribution < 1.29 is 13.2 Å². The average Bonchev–Trinajstić information content (AvgIpc) is 2.81. The minimum Gasteiger partial charge on any atom is -0.465 e. The molecule has 1 atom stereocenters. The Morgan fingerprint density at radius 3 is 2.63 bits per heavy atom. The van der Waals surface area contributed by atoms with Gasteiger partial charge in [0.05, 0.1) is 10.5 Å². The third kappa shape index (κ3) is 3.02. The molecule has 0 fully saturated rings. The summed E-state index contributed by atoms with van der Waals surface area (Å²) in [6, 6.07) is 5.55. The van der Waals surface area contributed by atoms with Crippen LogP contribution in [0.1, 0.15) is 23.1 Å². The molecule has 0 aliphatic heterocycles. The van der Waals surface area contributed by atoms with E-state index in [-0.39, 0.29) is 16.5 Å². The molecule has 0 saturated heterocycles. The Kier molecular flexibility index (Phi) is 4.34. The van der Waals surface area contributed by atoms with E-state index in [1.165, 1.54) is 12.1 Å². The zero-order valence-corrected chi connectivity index (χ0v) is 11.8. The first-order chi connectivity index (χ1) is 9.02. The highest BCUT2D eigenvalue weighted by atomic mass is 79.9. The second-order valence-corrected chi connectivity index (χ2v) is 5.05. The molecule has 2 aromatic rings.